The molecule has 1 atom stereocenters. The second-order valence-electron chi connectivity index (χ2n) is 6.42. The molecule has 0 rings (SSSR count). The number of hydrogen-bond donors (Lipinski definition) is 3. The van der Waals surface area contributed by atoms with Gasteiger partial charge in [-0.1, -0.05) is 46.1 Å². The first kappa shape index (κ1) is 22.9. The Kier molecular flexibility index (Phi) is 13.1. The van der Waals surface area contributed by atoms with Gasteiger partial charge in [0.2, 0.25) is 5.91 Å². The van der Waals surface area contributed by atoms with Crippen LogP contribution in [0.25, 0.3) is 0 Å². The minimum absolute atomic E-state index is 0.144. The van der Waals surface area contributed by atoms with Crippen LogP contribution in [-0.2, 0) is 14.3 Å². The van der Waals surface area contributed by atoms with Gasteiger partial charge in [-0.05, 0) is 31.3 Å². The SMILES string of the molecule is C=CC(=O)NCCCCCCCCOC(=O)N[C@@H](CC(C)C)C(=O)O. The topological polar surface area (TPSA) is 105 Å². The zero-order valence-electron chi connectivity index (χ0n) is 15.4. The van der Waals surface area contributed by atoms with Crippen LogP contribution in [0.1, 0.15) is 58.8 Å². The van der Waals surface area contributed by atoms with Gasteiger partial charge < -0.3 is 20.5 Å². The van der Waals surface area contributed by atoms with E-state index in [4.69, 9.17) is 9.84 Å². The first-order valence-corrected chi connectivity index (χ1v) is 8.93. The summed E-state index contributed by atoms with van der Waals surface area (Å²) < 4.78 is 5.02. The van der Waals surface area contributed by atoms with E-state index in [2.05, 4.69) is 17.2 Å². The lowest BCUT2D eigenvalue weighted by atomic mass is 10.0. The molecule has 25 heavy (non-hydrogen) atoms. The average molecular weight is 356 g/mol. The fourth-order valence-corrected chi connectivity index (χ4v) is 2.26. The summed E-state index contributed by atoms with van der Waals surface area (Å²) in [6, 6.07) is -0.908. The monoisotopic (exact) mass is 356 g/mol. The molecule has 0 bridgehead atoms. The van der Waals surface area contributed by atoms with Crippen LogP contribution in [0.15, 0.2) is 12.7 Å². The van der Waals surface area contributed by atoms with E-state index in [1.165, 1.54) is 6.08 Å². The van der Waals surface area contributed by atoms with E-state index in [1.54, 1.807) is 0 Å². The predicted molar refractivity (Wildman–Crippen MR) is 96.3 cm³/mol. The first-order chi connectivity index (χ1) is 11.9. The van der Waals surface area contributed by atoms with Gasteiger partial charge in [-0.3, -0.25) is 4.79 Å². The number of unbranched alkanes of at least 4 members (excludes halogenated alkanes) is 5. The molecule has 0 saturated carbocycles. The van der Waals surface area contributed by atoms with Crippen LogP contribution in [0.3, 0.4) is 0 Å². The maximum Gasteiger partial charge on any atom is 0.407 e. The summed E-state index contributed by atoms with van der Waals surface area (Å²) in [5.74, 6) is -1.02. The van der Waals surface area contributed by atoms with Crippen LogP contribution in [0.4, 0.5) is 4.79 Å². The predicted octanol–water partition coefficient (Wildman–Crippen LogP) is 2.85. The third-order valence-electron chi connectivity index (χ3n) is 3.59. The van der Waals surface area contributed by atoms with E-state index in [9.17, 15) is 14.4 Å². The number of rotatable bonds is 14. The normalized spacial score (nSPS) is 11.6. The van der Waals surface area contributed by atoms with E-state index >= 15 is 0 Å². The fourth-order valence-electron chi connectivity index (χ4n) is 2.26. The smallest absolute Gasteiger partial charge is 0.407 e. The number of hydrogen-bond acceptors (Lipinski definition) is 4. The van der Waals surface area contributed by atoms with Crippen molar-refractivity contribution < 1.29 is 24.2 Å². The quantitative estimate of drug-likeness (QED) is 0.328. The van der Waals surface area contributed by atoms with Crippen LogP contribution in [-0.4, -0.2) is 42.3 Å². The number of aliphatic carboxylic acids is 1. The summed E-state index contributed by atoms with van der Waals surface area (Å²) in [5, 5.41) is 14.2. The number of alkyl carbamates (subject to hydrolysis) is 1. The Balaban J connectivity index is 3.58. The molecule has 7 nitrogen and oxygen atoms in total. The van der Waals surface area contributed by atoms with Crippen molar-refractivity contribution in [2.45, 2.75) is 64.8 Å². The van der Waals surface area contributed by atoms with Gasteiger partial charge in [0.05, 0.1) is 6.61 Å². The molecule has 0 aromatic heterocycles. The zero-order chi connectivity index (χ0) is 19.1. The lowest BCUT2D eigenvalue weighted by Crippen LogP contribution is -2.42. The van der Waals surface area contributed by atoms with Gasteiger partial charge in [0, 0.05) is 6.54 Å². The van der Waals surface area contributed by atoms with Crippen LogP contribution in [0.2, 0.25) is 0 Å². The standard InChI is InChI=1S/C18H32N2O5/c1-4-16(21)19-11-9-7-5-6-8-10-12-25-18(24)20-15(17(22)23)13-14(2)3/h4,14-15H,1,5-13H2,2-3H3,(H,19,21)(H,20,24)(H,22,23)/t15-/m0/s1. The summed E-state index contributed by atoms with van der Waals surface area (Å²) in [5.41, 5.74) is 0. The lowest BCUT2D eigenvalue weighted by Gasteiger charge is -2.16. The van der Waals surface area contributed by atoms with Gasteiger partial charge in [0.25, 0.3) is 0 Å². The lowest BCUT2D eigenvalue weighted by molar-refractivity contribution is -0.139. The van der Waals surface area contributed by atoms with E-state index in [0.29, 0.717) is 13.0 Å². The van der Waals surface area contributed by atoms with Gasteiger partial charge in [-0.15, -0.1) is 0 Å². The number of carbonyl (C=O) groups excluding carboxylic acids is 2. The van der Waals surface area contributed by atoms with Gasteiger partial charge in [-0.25, -0.2) is 9.59 Å². The largest absolute Gasteiger partial charge is 0.480 e. The fraction of sp³-hybridized carbons (Fsp3) is 0.722. The molecule has 0 aliphatic heterocycles. The van der Waals surface area contributed by atoms with Crippen molar-refractivity contribution in [1.29, 1.82) is 0 Å². The van der Waals surface area contributed by atoms with E-state index in [0.717, 1.165) is 38.5 Å². The van der Waals surface area contributed by atoms with Crippen molar-refractivity contribution in [3.05, 3.63) is 12.7 Å². The maximum absolute atomic E-state index is 11.6. The molecule has 3 N–H and O–H groups in total. The van der Waals surface area contributed by atoms with Crippen LogP contribution < -0.4 is 10.6 Å². The molecular formula is C18H32N2O5. The Morgan fingerprint density at radius 2 is 1.68 bits per heavy atom. The Bertz CT molecular complexity index is 424. The second-order valence-corrected chi connectivity index (χ2v) is 6.42. The van der Waals surface area contributed by atoms with Gasteiger partial charge >= 0.3 is 12.1 Å². The average Bonchev–Trinajstić information content (AvgIpc) is 2.55. The first-order valence-electron chi connectivity index (χ1n) is 8.93. The molecule has 2 amide bonds. The molecule has 0 aliphatic rings. The number of carboxylic acid groups (broad SMARTS) is 1. The highest BCUT2D eigenvalue weighted by molar-refractivity contribution is 5.86. The molecule has 0 saturated heterocycles. The summed E-state index contributed by atoms with van der Waals surface area (Å²) in [6.07, 6.45) is 6.72. The molecule has 0 radical (unpaired) electrons. The summed E-state index contributed by atoms with van der Waals surface area (Å²) in [4.78, 5) is 33.6. The zero-order valence-corrected chi connectivity index (χ0v) is 15.4. The molecule has 0 spiro atoms. The van der Waals surface area contributed by atoms with Crippen LogP contribution in [0.5, 0.6) is 0 Å². The van der Waals surface area contributed by atoms with E-state index in [-0.39, 0.29) is 18.4 Å². The van der Waals surface area contributed by atoms with E-state index < -0.39 is 18.1 Å². The highest BCUT2D eigenvalue weighted by atomic mass is 16.5. The third kappa shape index (κ3) is 14.0. The molecule has 7 heteroatoms. The number of nitrogens with one attached hydrogen (secondary N) is 2. The highest BCUT2D eigenvalue weighted by Crippen LogP contribution is 2.07. The van der Waals surface area contributed by atoms with Crippen LogP contribution in [0, 0.1) is 5.92 Å². The summed E-state index contributed by atoms with van der Waals surface area (Å²) >= 11 is 0. The molecule has 0 aromatic carbocycles. The van der Waals surface area contributed by atoms with E-state index in [1.807, 2.05) is 13.8 Å². The Labute approximate surface area is 150 Å². The van der Waals surface area contributed by atoms with Crippen molar-refractivity contribution in [2.75, 3.05) is 13.2 Å². The second kappa shape index (κ2) is 14.3. The molecule has 0 unspecified atom stereocenters. The summed E-state index contributed by atoms with van der Waals surface area (Å²) in [6.45, 7) is 8.13. The summed E-state index contributed by atoms with van der Waals surface area (Å²) in [7, 11) is 0. The molecular weight excluding hydrogens is 324 g/mol. The van der Waals surface area contributed by atoms with Gasteiger partial charge in [0.1, 0.15) is 6.04 Å². The Hall–Kier alpha value is -2.05. The van der Waals surface area contributed by atoms with Gasteiger partial charge in [-0.2, -0.15) is 0 Å². The molecule has 0 heterocycles. The number of amides is 2. The molecule has 0 aromatic rings. The van der Waals surface area contributed by atoms with Crippen molar-refractivity contribution in [3.8, 4) is 0 Å². The molecule has 0 fully saturated rings. The molecule has 0 aliphatic carbocycles. The Morgan fingerprint density at radius 1 is 1.08 bits per heavy atom. The number of carboxylic acids is 1. The van der Waals surface area contributed by atoms with Crippen LogP contribution >= 0.6 is 0 Å². The number of carbonyl (C=O) groups is 3. The third-order valence-corrected chi connectivity index (χ3v) is 3.59. The van der Waals surface area contributed by atoms with Crippen molar-refractivity contribution in [1.82, 2.24) is 10.6 Å². The minimum Gasteiger partial charge on any atom is -0.480 e. The molecule has 144 valence electrons. The van der Waals surface area contributed by atoms with Crippen molar-refractivity contribution in [2.24, 2.45) is 5.92 Å². The maximum atomic E-state index is 11.6. The van der Waals surface area contributed by atoms with Crippen molar-refractivity contribution >= 4 is 18.0 Å². The van der Waals surface area contributed by atoms with Crippen molar-refractivity contribution in [3.63, 3.8) is 0 Å². The Morgan fingerprint density at radius 3 is 2.24 bits per heavy atom. The van der Waals surface area contributed by atoms with Gasteiger partial charge in [0.15, 0.2) is 0 Å². The highest BCUT2D eigenvalue weighted by Gasteiger charge is 2.21. The minimum atomic E-state index is -1.05. The number of ether oxygens (including phenoxy) is 1.